The van der Waals surface area contributed by atoms with Crippen molar-refractivity contribution in [2.24, 2.45) is 0 Å². The van der Waals surface area contributed by atoms with Gasteiger partial charge in [0, 0.05) is 26.7 Å². The number of nitrogens with one attached hydrogen (secondary N) is 1. The summed E-state index contributed by atoms with van der Waals surface area (Å²) in [5, 5.41) is 3.21. The molecule has 19 heavy (non-hydrogen) atoms. The zero-order chi connectivity index (χ0) is 13.9. The first-order valence-electron chi connectivity index (χ1n) is 6.96. The number of carbonyl (C=O) groups is 1. The fourth-order valence-corrected chi connectivity index (χ4v) is 1.97. The summed E-state index contributed by atoms with van der Waals surface area (Å²) < 4.78 is 15.6. The van der Waals surface area contributed by atoms with Crippen molar-refractivity contribution in [1.29, 1.82) is 0 Å². The Labute approximate surface area is 115 Å². The van der Waals surface area contributed by atoms with Crippen LogP contribution in [-0.4, -0.2) is 76.6 Å². The number of ether oxygens (including phenoxy) is 3. The summed E-state index contributed by atoms with van der Waals surface area (Å²) >= 11 is 0. The molecule has 0 spiro atoms. The smallest absolute Gasteiger partial charge is 0.239 e. The van der Waals surface area contributed by atoms with E-state index in [2.05, 4.69) is 5.32 Å². The van der Waals surface area contributed by atoms with Crippen molar-refractivity contribution in [3.05, 3.63) is 0 Å². The van der Waals surface area contributed by atoms with Crippen LogP contribution in [0.5, 0.6) is 0 Å². The number of piperazine rings is 1. The van der Waals surface area contributed by atoms with Gasteiger partial charge in [0.2, 0.25) is 5.91 Å². The normalized spacial score (nSPS) is 20.0. The summed E-state index contributed by atoms with van der Waals surface area (Å²) in [5.74, 6) is 0.189. The Hall–Kier alpha value is -0.690. The molecule has 0 radical (unpaired) electrons. The van der Waals surface area contributed by atoms with Crippen molar-refractivity contribution in [1.82, 2.24) is 10.2 Å². The Morgan fingerprint density at radius 1 is 1.21 bits per heavy atom. The summed E-state index contributed by atoms with van der Waals surface area (Å²) in [4.78, 5) is 13.8. The van der Waals surface area contributed by atoms with Gasteiger partial charge in [-0.15, -0.1) is 0 Å². The van der Waals surface area contributed by atoms with Gasteiger partial charge >= 0.3 is 0 Å². The molecule has 1 saturated heterocycles. The average Bonchev–Trinajstić information content (AvgIpc) is 2.43. The highest BCUT2D eigenvalue weighted by Gasteiger charge is 2.26. The molecule has 1 fully saturated rings. The van der Waals surface area contributed by atoms with E-state index < -0.39 is 0 Å². The third kappa shape index (κ3) is 6.33. The van der Waals surface area contributed by atoms with E-state index in [9.17, 15) is 4.79 Å². The molecule has 112 valence electrons. The van der Waals surface area contributed by atoms with Crippen LogP contribution in [0.15, 0.2) is 0 Å². The Balaban J connectivity index is 2.01. The number of methoxy groups -OCH3 is 1. The molecule has 0 bridgehead atoms. The molecule has 0 aliphatic carbocycles. The van der Waals surface area contributed by atoms with E-state index >= 15 is 0 Å². The van der Waals surface area contributed by atoms with Gasteiger partial charge < -0.3 is 24.4 Å². The molecule has 1 unspecified atom stereocenters. The molecular weight excluding hydrogens is 248 g/mol. The van der Waals surface area contributed by atoms with Crippen molar-refractivity contribution in [2.75, 3.05) is 59.8 Å². The summed E-state index contributed by atoms with van der Waals surface area (Å²) in [6.45, 7) is 7.20. The second kappa shape index (κ2) is 10.1. The lowest BCUT2D eigenvalue weighted by Gasteiger charge is -2.32. The van der Waals surface area contributed by atoms with Crippen LogP contribution in [0.4, 0.5) is 0 Å². The molecule has 6 nitrogen and oxygen atoms in total. The molecule has 0 saturated carbocycles. The fraction of sp³-hybridized carbons (Fsp3) is 0.923. The van der Waals surface area contributed by atoms with E-state index in [0.29, 0.717) is 39.6 Å². The second-order valence-corrected chi connectivity index (χ2v) is 4.46. The first-order valence-corrected chi connectivity index (χ1v) is 6.96. The Bertz CT molecular complexity index is 251. The van der Waals surface area contributed by atoms with Crippen molar-refractivity contribution in [3.8, 4) is 0 Å². The second-order valence-electron chi connectivity index (χ2n) is 4.46. The van der Waals surface area contributed by atoms with Crippen LogP contribution in [0, 0.1) is 0 Å². The third-order valence-electron chi connectivity index (χ3n) is 3.10. The topological polar surface area (TPSA) is 60.0 Å². The summed E-state index contributed by atoms with van der Waals surface area (Å²) in [7, 11) is 1.65. The van der Waals surface area contributed by atoms with Crippen LogP contribution in [0.1, 0.15) is 13.3 Å². The maximum Gasteiger partial charge on any atom is 0.239 e. The first kappa shape index (κ1) is 16.4. The quantitative estimate of drug-likeness (QED) is 0.563. The molecule has 1 rings (SSSR count). The van der Waals surface area contributed by atoms with Crippen molar-refractivity contribution in [2.45, 2.75) is 19.4 Å². The van der Waals surface area contributed by atoms with Gasteiger partial charge in [0.1, 0.15) is 0 Å². The zero-order valence-electron chi connectivity index (χ0n) is 12.0. The number of rotatable bonds is 10. The monoisotopic (exact) mass is 274 g/mol. The molecule has 1 amide bonds. The van der Waals surface area contributed by atoms with Crippen LogP contribution < -0.4 is 5.32 Å². The van der Waals surface area contributed by atoms with Gasteiger partial charge in [0.25, 0.3) is 0 Å². The minimum Gasteiger partial charge on any atom is -0.382 e. The largest absolute Gasteiger partial charge is 0.382 e. The van der Waals surface area contributed by atoms with E-state index in [4.69, 9.17) is 14.2 Å². The third-order valence-corrected chi connectivity index (χ3v) is 3.10. The van der Waals surface area contributed by atoms with E-state index in [1.807, 2.05) is 11.8 Å². The number of carbonyl (C=O) groups excluding carboxylic acids is 1. The van der Waals surface area contributed by atoms with Gasteiger partial charge in [-0.3, -0.25) is 4.79 Å². The van der Waals surface area contributed by atoms with Crippen molar-refractivity contribution in [3.63, 3.8) is 0 Å². The minimum atomic E-state index is -0.0221. The molecule has 1 heterocycles. The fourth-order valence-electron chi connectivity index (χ4n) is 1.97. The van der Waals surface area contributed by atoms with Crippen LogP contribution in [0.2, 0.25) is 0 Å². The maximum atomic E-state index is 12.0. The van der Waals surface area contributed by atoms with Gasteiger partial charge in [-0.2, -0.15) is 0 Å². The zero-order valence-corrected chi connectivity index (χ0v) is 12.0. The number of nitrogens with zero attached hydrogens (tertiary/aromatic N) is 1. The molecule has 1 atom stereocenters. The highest BCUT2D eigenvalue weighted by molar-refractivity contribution is 5.82. The van der Waals surface area contributed by atoms with E-state index in [1.54, 1.807) is 7.11 Å². The van der Waals surface area contributed by atoms with Crippen LogP contribution in [-0.2, 0) is 19.0 Å². The van der Waals surface area contributed by atoms with Crippen molar-refractivity contribution < 1.29 is 19.0 Å². The highest BCUT2D eigenvalue weighted by Crippen LogP contribution is 2.04. The lowest BCUT2D eigenvalue weighted by atomic mass is 10.1. The van der Waals surface area contributed by atoms with Gasteiger partial charge in [-0.1, -0.05) is 6.92 Å². The van der Waals surface area contributed by atoms with Gasteiger partial charge in [0.05, 0.1) is 39.1 Å². The summed E-state index contributed by atoms with van der Waals surface area (Å²) in [5.41, 5.74) is 0. The number of hydrogen-bond acceptors (Lipinski definition) is 5. The van der Waals surface area contributed by atoms with Crippen molar-refractivity contribution >= 4 is 5.91 Å². The Morgan fingerprint density at radius 3 is 2.58 bits per heavy atom. The van der Waals surface area contributed by atoms with Gasteiger partial charge in [-0.25, -0.2) is 0 Å². The predicted molar refractivity (Wildman–Crippen MR) is 72.2 cm³/mol. The van der Waals surface area contributed by atoms with E-state index in [1.165, 1.54) is 0 Å². The SMILES string of the molecule is CCC1NCCN(CCOCCOCCOC)C1=O. The molecule has 0 aromatic heterocycles. The van der Waals surface area contributed by atoms with E-state index in [0.717, 1.165) is 19.5 Å². The maximum absolute atomic E-state index is 12.0. The molecule has 0 aromatic carbocycles. The van der Waals surface area contributed by atoms with Crippen LogP contribution >= 0.6 is 0 Å². The lowest BCUT2D eigenvalue weighted by molar-refractivity contribution is -0.136. The summed E-state index contributed by atoms with van der Waals surface area (Å²) in [6, 6.07) is -0.0221. The standard InChI is InChI=1S/C13H26N2O4/c1-3-12-13(16)15(5-4-14-12)6-7-18-10-11-19-9-8-17-2/h12,14H,3-11H2,1-2H3. The van der Waals surface area contributed by atoms with Crippen LogP contribution in [0.3, 0.4) is 0 Å². The first-order chi connectivity index (χ1) is 9.29. The number of hydrogen-bond donors (Lipinski definition) is 1. The average molecular weight is 274 g/mol. The summed E-state index contributed by atoms with van der Waals surface area (Å²) in [6.07, 6.45) is 0.837. The Kier molecular flexibility index (Phi) is 8.73. The molecule has 6 heteroatoms. The van der Waals surface area contributed by atoms with Gasteiger partial charge in [0.15, 0.2) is 0 Å². The Morgan fingerprint density at radius 2 is 1.89 bits per heavy atom. The van der Waals surface area contributed by atoms with Crippen LogP contribution in [0.25, 0.3) is 0 Å². The molecule has 1 aliphatic rings. The predicted octanol–water partition coefficient (Wildman–Crippen LogP) is -0.124. The molecular formula is C13H26N2O4. The number of amides is 1. The molecule has 1 aliphatic heterocycles. The van der Waals surface area contributed by atoms with Gasteiger partial charge in [-0.05, 0) is 6.42 Å². The lowest BCUT2D eigenvalue weighted by Crippen LogP contribution is -2.55. The highest BCUT2D eigenvalue weighted by atomic mass is 16.5. The minimum absolute atomic E-state index is 0.0221. The molecule has 0 aromatic rings. The van der Waals surface area contributed by atoms with E-state index in [-0.39, 0.29) is 11.9 Å². The molecule has 1 N–H and O–H groups in total.